The van der Waals surface area contributed by atoms with Crippen molar-refractivity contribution in [3.63, 3.8) is 0 Å². The second kappa shape index (κ2) is 6.69. The third kappa shape index (κ3) is 3.97. The Morgan fingerprint density at radius 1 is 1.44 bits per heavy atom. The maximum atomic E-state index is 4.37. The molecule has 1 rings (SSSR count). The number of hydrogen-bond donors (Lipinski definition) is 1. The van der Waals surface area contributed by atoms with Crippen LogP contribution >= 0.6 is 0 Å². The van der Waals surface area contributed by atoms with Crippen molar-refractivity contribution in [2.24, 2.45) is 7.05 Å². The lowest BCUT2D eigenvalue weighted by Crippen LogP contribution is -2.24. The van der Waals surface area contributed by atoms with E-state index in [9.17, 15) is 0 Å². The Morgan fingerprint density at radius 2 is 2.19 bits per heavy atom. The minimum absolute atomic E-state index is 0.680. The highest BCUT2D eigenvalue weighted by molar-refractivity contribution is 5.08. The Hall–Kier alpha value is -0.830. The molecule has 0 radical (unpaired) electrons. The molecule has 0 aliphatic heterocycles. The summed E-state index contributed by atoms with van der Waals surface area (Å²) in [5.41, 5.74) is 2.47. The summed E-state index contributed by atoms with van der Waals surface area (Å²) < 4.78 is 2.00. The summed E-state index contributed by atoms with van der Waals surface area (Å²) in [4.78, 5) is 0. The molecule has 0 bridgehead atoms. The van der Waals surface area contributed by atoms with Crippen LogP contribution in [0.5, 0.6) is 0 Å². The van der Waals surface area contributed by atoms with Crippen molar-refractivity contribution >= 4 is 0 Å². The summed E-state index contributed by atoms with van der Waals surface area (Å²) in [6.45, 7) is 4.30. The molecule has 0 amide bonds. The van der Waals surface area contributed by atoms with Crippen LogP contribution in [0.15, 0.2) is 6.07 Å². The first kappa shape index (κ1) is 13.2. The molecule has 0 saturated heterocycles. The lowest BCUT2D eigenvalue weighted by Gasteiger charge is -2.14. The summed E-state index contributed by atoms with van der Waals surface area (Å²) >= 11 is 0. The number of nitrogens with zero attached hydrogens (tertiary/aromatic N) is 2. The summed E-state index contributed by atoms with van der Waals surface area (Å²) in [6, 6.07) is 2.87. The van der Waals surface area contributed by atoms with Crippen LogP contribution < -0.4 is 5.32 Å². The molecule has 92 valence electrons. The largest absolute Gasteiger partial charge is 0.317 e. The monoisotopic (exact) mass is 223 g/mol. The van der Waals surface area contributed by atoms with Crippen LogP contribution in [-0.4, -0.2) is 22.9 Å². The first-order chi connectivity index (χ1) is 7.67. The molecule has 1 heterocycles. The molecule has 1 aromatic heterocycles. The number of nitrogens with one attached hydrogen (secondary N) is 1. The number of aryl methyl sites for hydroxylation is 3. The van der Waals surface area contributed by atoms with Gasteiger partial charge >= 0.3 is 0 Å². The van der Waals surface area contributed by atoms with Gasteiger partial charge in [-0.3, -0.25) is 4.68 Å². The van der Waals surface area contributed by atoms with Gasteiger partial charge in [0.15, 0.2) is 0 Å². The SMILES string of the molecule is CCCC(CCCc1cc(C)nn1C)NC. The van der Waals surface area contributed by atoms with Gasteiger partial charge in [-0.15, -0.1) is 0 Å². The van der Waals surface area contributed by atoms with E-state index in [0.717, 1.165) is 12.1 Å². The van der Waals surface area contributed by atoms with Gasteiger partial charge in [-0.2, -0.15) is 5.10 Å². The second-order valence-electron chi connectivity index (χ2n) is 4.57. The van der Waals surface area contributed by atoms with Crippen LogP contribution in [0.3, 0.4) is 0 Å². The predicted octanol–water partition coefficient (Wildman–Crippen LogP) is 2.44. The van der Waals surface area contributed by atoms with Crippen LogP contribution in [0.25, 0.3) is 0 Å². The summed E-state index contributed by atoms with van der Waals surface area (Å²) in [7, 11) is 4.10. The molecule has 3 heteroatoms. The molecule has 0 fully saturated rings. The van der Waals surface area contributed by atoms with E-state index in [1.807, 2.05) is 11.7 Å². The lowest BCUT2D eigenvalue weighted by atomic mass is 10.0. The zero-order valence-electron chi connectivity index (χ0n) is 11.1. The zero-order valence-corrected chi connectivity index (χ0v) is 11.1. The zero-order chi connectivity index (χ0) is 12.0. The van der Waals surface area contributed by atoms with Gasteiger partial charge in [-0.05, 0) is 45.7 Å². The summed E-state index contributed by atoms with van der Waals surface area (Å²) in [6.07, 6.45) is 6.18. The van der Waals surface area contributed by atoms with E-state index >= 15 is 0 Å². The highest BCUT2D eigenvalue weighted by atomic mass is 15.3. The quantitative estimate of drug-likeness (QED) is 0.769. The van der Waals surface area contributed by atoms with Gasteiger partial charge in [0.1, 0.15) is 0 Å². The maximum Gasteiger partial charge on any atom is 0.0596 e. The van der Waals surface area contributed by atoms with Crippen molar-refractivity contribution in [2.45, 2.75) is 52.0 Å². The Kier molecular flexibility index (Phi) is 5.53. The van der Waals surface area contributed by atoms with Crippen LogP contribution in [-0.2, 0) is 13.5 Å². The van der Waals surface area contributed by atoms with E-state index in [-0.39, 0.29) is 0 Å². The van der Waals surface area contributed by atoms with Crippen LogP contribution in [0, 0.1) is 6.92 Å². The molecule has 0 aliphatic rings. The van der Waals surface area contributed by atoms with Crippen LogP contribution in [0.1, 0.15) is 44.0 Å². The first-order valence-corrected chi connectivity index (χ1v) is 6.34. The van der Waals surface area contributed by atoms with E-state index in [1.54, 1.807) is 0 Å². The maximum absolute atomic E-state index is 4.37. The predicted molar refractivity (Wildman–Crippen MR) is 68.6 cm³/mol. The molecule has 1 N–H and O–H groups in total. The molecular weight excluding hydrogens is 198 g/mol. The van der Waals surface area contributed by atoms with Crippen molar-refractivity contribution in [1.29, 1.82) is 0 Å². The van der Waals surface area contributed by atoms with Crippen molar-refractivity contribution < 1.29 is 0 Å². The topological polar surface area (TPSA) is 29.9 Å². The fourth-order valence-electron chi connectivity index (χ4n) is 2.21. The molecule has 0 spiro atoms. The number of hydrogen-bond acceptors (Lipinski definition) is 2. The Balaban J connectivity index is 2.32. The van der Waals surface area contributed by atoms with Crippen molar-refractivity contribution in [3.05, 3.63) is 17.5 Å². The minimum atomic E-state index is 0.680. The van der Waals surface area contributed by atoms with Crippen LogP contribution in [0.2, 0.25) is 0 Å². The normalized spacial score (nSPS) is 13.0. The first-order valence-electron chi connectivity index (χ1n) is 6.34. The Labute approximate surface area is 99.2 Å². The van der Waals surface area contributed by atoms with E-state index in [1.165, 1.54) is 31.4 Å². The fourth-order valence-corrected chi connectivity index (χ4v) is 2.21. The van der Waals surface area contributed by atoms with Gasteiger partial charge in [0.25, 0.3) is 0 Å². The molecule has 1 aromatic rings. The molecule has 16 heavy (non-hydrogen) atoms. The Morgan fingerprint density at radius 3 is 2.69 bits per heavy atom. The molecule has 1 atom stereocenters. The average molecular weight is 223 g/mol. The smallest absolute Gasteiger partial charge is 0.0596 e. The lowest BCUT2D eigenvalue weighted by molar-refractivity contribution is 0.466. The highest BCUT2D eigenvalue weighted by Crippen LogP contribution is 2.10. The Bertz CT molecular complexity index is 304. The van der Waals surface area contributed by atoms with Gasteiger partial charge < -0.3 is 5.32 Å². The van der Waals surface area contributed by atoms with E-state index in [4.69, 9.17) is 0 Å². The standard InChI is InChI=1S/C13H25N3/c1-5-7-12(14-3)8-6-9-13-10-11(2)15-16(13)4/h10,12,14H,5-9H2,1-4H3. The highest BCUT2D eigenvalue weighted by Gasteiger charge is 2.06. The van der Waals surface area contributed by atoms with Gasteiger partial charge in [0.2, 0.25) is 0 Å². The van der Waals surface area contributed by atoms with Crippen molar-refractivity contribution in [3.8, 4) is 0 Å². The van der Waals surface area contributed by atoms with Crippen LogP contribution in [0.4, 0.5) is 0 Å². The second-order valence-corrected chi connectivity index (χ2v) is 4.57. The van der Waals surface area contributed by atoms with Crippen molar-refractivity contribution in [1.82, 2.24) is 15.1 Å². The molecule has 0 aliphatic carbocycles. The third-order valence-corrected chi connectivity index (χ3v) is 3.13. The molecule has 1 unspecified atom stereocenters. The molecule has 0 saturated carbocycles. The van der Waals surface area contributed by atoms with E-state index in [2.05, 4.69) is 37.4 Å². The third-order valence-electron chi connectivity index (χ3n) is 3.13. The van der Waals surface area contributed by atoms with Gasteiger partial charge in [-0.1, -0.05) is 13.3 Å². The number of aromatic nitrogens is 2. The fraction of sp³-hybridized carbons (Fsp3) is 0.769. The van der Waals surface area contributed by atoms with Crippen molar-refractivity contribution in [2.75, 3.05) is 7.05 Å². The van der Waals surface area contributed by atoms with Gasteiger partial charge in [0.05, 0.1) is 5.69 Å². The average Bonchev–Trinajstić information content (AvgIpc) is 2.56. The van der Waals surface area contributed by atoms with Gasteiger partial charge in [0, 0.05) is 18.8 Å². The van der Waals surface area contributed by atoms with Gasteiger partial charge in [-0.25, -0.2) is 0 Å². The minimum Gasteiger partial charge on any atom is -0.317 e. The summed E-state index contributed by atoms with van der Waals surface area (Å²) in [5.74, 6) is 0. The molecule has 3 nitrogen and oxygen atoms in total. The number of rotatable bonds is 7. The molecule has 0 aromatic carbocycles. The van der Waals surface area contributed by atoms with E-state index < -0.39 is 0 Å². The van der Waals surface area contributed by atoms with E-state index in [0.29, 0.717) is 6.04 Å². The summed E-state index contributed by atoms with van der Waals surface area (Å²) in [5, 5.41) is 7.75. The molecular formula is C13H25N3.